The number of esters is 2. The van der Waals surface area contributed by atoms with Gasteiger partial charge in [0.15, 0.2) is 0 Å². The fourth-order valence-electron chi connectivity index (χ4n) is 2.11. The number of ether oxygens (including phenoxy) is 2. The highest BCUT2D eigenvalue weighted by Crippen LogP contribution is 2.13. The molecule has 1 aromatic rings. The molecule has 0 saturated heterocycles. The van der Waals surface area contributed by atoms with E-state index >= 15 is 0 Å². The summed E-state index contributed by atoms with van der Waals surface area (Å²) in [7, 11) is 0. The first kappa shape index (κ1) is 21.1. The highest BCUT2D eigenvalue weighted by molar-refractivity contribution is 6.30. The van der Waals surface area contributed by atoms with Crippen LogP contribution in [0.4, 0.5) is 0 Å². The maximum atomic E-state index is 11.6. The molecule has 1 rings (SSSR count). The van der Waals surface area contributed by atoms with E-state index in [0.717, 1.165) is 0 Å². The Labute approximate surface area is 152 Å². The first-order valence-corrected chi connectivity index (χ1v) is 8.18. The third kappa shape index (κ3) is 6.54. The van der Waals surface area contributed by atoms with Crippen molar-refractivity contribution in [1.29, 1.82) is 0 Å². The van der Waals surface area contributed by atoms with Crippen LogP contribution in [0.5, 0.6) is 0 Å². The van der Waals surface area contributed by atoms with Gasteiger partial charge >= 0.3 is 11.9 Å². The van der Waals surface area contributed by atoms with Gasteiger partial charge < -0.3 is 19.9 Å². The van der Waals surface area contributed by atoms with Crippen molar-refractivity contribution in [2.24, 2.45) is 16.2 Å². The number of nitrogens with zero attached hydrogens (tertiary/aromatic N) is 2. The maximum Gasteiger partial charge on any atom is 0.417 e. The van der Waals surface area contributed by atoms with E-state index in [1.54, 1.807) is 38.1 Å². The van der Waals surface area contributed by atoms with Crippen molar-refractivity contribution >= 4 is 23.4 Å². The molecule has 8 heteroatoms. The fourth-order valence-corrected chi connectivity index (χ4v) is 2.11. The number of carbonyl (C=O) groups is 2. The zero-order valence-electron chi connectivity index (χ0n) is 15.3. The van der Waals surface area contributed by atoms with Crippen molar-refractivity contribution in [3.05, 3.63) is 35.4 Å². The summed E-state index contributed by atoms with van der Waals surface area (Å²) in [5.41, 5.74) is 1.63. The van der Waals surface area contributed by atoms with E-state index in [1.165, 1.54) is 0 Å². The molecule has 0 aliphatic heterocycles. The van der Waals surface area contributed by atoms with Gasteiger partial charge in [-0.15, -0.1) is 0 Å². The highest BCUT2D eigenvalue weighted by atomic mass is 16.6. The van der Waals surface area contributed by atoms with E-state index < -0.39 is 24.6 Å². The summed E-state index contributed by atoms with van der Waals surface area (Å²) in [4.78, 5) is 23.0. The van der Waals surface area contributed by atoms with E-state index in [0.29, 0.717) is 23.3 Å². The molecule has 1 aromatic carbocycles. The molecule has 0 spiro atoms. The predicted octanol–water partition coefficient (Wildman–Crippen LogP) is 2.58. The average molecular weight is 364 g/mol. The second kappa shape index (κ2) is 10.2. The third-order valence-electron chi connectivity index (χ3n) is 3.22. The molecule has 0 radical (unpaired) electrons. The molecule has 2 N–H and O–H groups in total. The van der Waals surface area contributed by atoms with E-state index in [4.69, 9.17) is 9.47 Å². The van der Waals surface area contributed by atoms with E-state index in [9.17, 15) is 20.0 Å². The van der Waals surface area contributed by atoms with Crippen LogP contribution in [-0.4, -0.2) is 46.5 Å². The van der Waals surface area contributed by atoms with Gasteiger partial charge in [-0.2, -0.15) is 0 Å². The van der Waals surface area contributed by atoms with Crippen molar-refractivity contribution in [2.45, 2.75) is 40.2 Å². The number of rotatable bonds is 7. The zero-order chi connectivity index (χ0) is 19.7. The normalized spacial score (nSPS) is 12.4. The summed E-state index contributed by atoms with van der Waals surface area (Å²) in [6.07, 6.45) is 0.108. The topological polar surface area (TPSA) is 118 Å². The van der Waals surface area contributed by atoms with Crippen molar-refractivity contribution in [2.75, 3.05) is 6.61 Å². The van der Waals surface area contributed by atoms with Gasteiger partial charge in [-0.05, 0) is 37.8 Å². The average Bonchev–Trinajstić information content (AvgIpc) is 2.59. The number of benzene rings is 1. The van der Waals surface area contributed by atoms with Gasteiger partial charge in [0, 0.05) is 5.56 Å². The monoisotopic (exact) mass is 364 g/mol. The molecule has 0 aromatic heterocycles. The quantitative estimate of drug-likeness (QED) is 0.252. The molecule has 0 saturated carbocycles. The van der Waals surface area contributed by atoms with Crippen molar-refractivity contribution in [3.8, 4) is 0 Å². The van der Waals surface area contributed by atoms with Crippen LogP contribution < -0.4 is 0 Å². The van der Waals surface area contributed by atoms with E-state index in [1.807, 2.05) is 13.8 Å². The smallest absolute Gasteiger partial charge is 0.417 e. The molecule has 0 aliphatic carbocycles. The third-order valence-corrected chi connectivity index (χ3v) is 3.22. The number of carbonyl (C=O) groups excluding carboxylic acids is 2. The Bertz CT molecular complexity index is 695. The van der Waals surface area contributed by atoms with Crippen molar-refractivity contribution in [3.63, 3.8) is 0 Å². The van der Waals surface area contributed by atoms with Crippen LogP contribution in [0.3, 0.4) is 0 Å². The van der Waals surface area contributed by atoms with Gasteiger partial charge in [-0.25, -0.2) is 9.59 Å². The second-order valence-electron chi connectivity index (χ2n) is 6.30. The molecule has 0 atom stereocenters. The van der Waals surface area contributed by atoms with E-state index in [-0.39, 0.29) is 11.6 Å². The summed E-state index contributed by atoms with van der Waals surface area (Å²) in [5, 5.41) is 24.9. The highest BCUT2D eigenvalue weighted by Gasteiger charge is 2.20. The van der Waals surface area contributed by atoms with Crippen LogP contribution in [0.1, 0.15) is 45.2 Å². The lowest BCUT2D eigenvalue weighted by Crippen LogP contribution is -2.26. The Kier molecular flexibility index (Phi) is 8.27. The van der Waals surface area contributed by atoms with Crippen LogP contribution in [0, 0.1) is 5.92 Å². The summed E-state index contributed by atoms with van der Waals surface area (Å²) in [6, 6.07) is 6.73. The molecule has 0 heterocycles. The Morgan fingerprint density at radius 1 is 1.00 bits per heavy atom. The number of oxime groups is 2. The van der Waals surface area contributed by atoms with Crippen LogP contribution in [0.2, 0.25) is 0 Å². The van der Waals surface area contributed by atoms with Gasteiger partial charge in [-0.3, -0.25) is 0 Å². The SMILES string of the molecule is CC(C)C/C(=N\O)c1cccc(/C(COC(=O)C(=O)OC(C)C)=N/O)c1. The van der Waals surface area contributed by atoms with Crippen LogP contribution in [-0.2, 0) is 19.1 Å². The lowest BCUT2D eigenvalue weighted by Gasteiger charge is -2.11. The van der Waals surface area contributed by atoms with E-state index in [2.05, 4.69) is 10.3 Å². The predicted molar refractivity (Wildman–Crippen MR) is 94.7 cm³/mol. The van der Waals surface area contributed by atoms with Crippen LogP contribution in [0.15, 0.2) is 34.6 Å². The number of hydrogen-bond donors (Lipinski definition) is 2. The minimum Gasteiger partial charge on any atom is -0.455 e. The van der Waals surface area contributed by atoms with Gasteiger partial charge in [0.05, 0.1) is 11.8 Å². The Hall–Kier alpha value is -2.90. The lowest BCUT2D eigenvalue weighted by molar-refractivity contribution is -0.169. The van der Waals surface area contributed by atoms with Crippen LogP contribution in [0.25, 0.3) is 0 Å². The molecule has 8 nitrogen and oxygen atoms in total. The molecule has 0 amide bonds. The molecule has 142 valence electrons. The van der Waals surface area contributed by atoms with Crippen molar-refractivity contribution < 1.29 is 29.5 Å². The Morgan fingerprint density at radius 2 is 1.58 bits per heavy atom. The summed E-state index contributed by atoms with van der Waals surface area (Å²) < 4.78 is 9.55. The Balaban J connectivity index is 2.87. The summed E-state index contributed by atoms with van der Waals surface area (Å²) in [6.45, 7) is 6.78. The standard InChI is InChI=1S/C18H24N2O6/c1-11(2)8-15(19-23)13-6-5-7-14(9-13)16(20-24)10-25-17(21)18(22)26-12(3)4/h5-7,9,11-12,23-24H,8,10H2,1-4H3/b19-15+,20-16+. The van der Waals surface area contributed by atoms with Gasteiger partial charge in [-0.1, -0.05) is 42.4 Å². The summed E-state index contributed by atoms with van der Waals surface area (Å²) in [5.74, 6) is -2.01. The molecule has 0 unspecified atom stereocenters. The van der Waals surface area contributed by atoms with Gasteiger partial charge in [0.2, 0.25) is 0 Å². The van der Waals surface area contributed by atoms with Crippen LogP contribution >= 0.6 is 0 Å². The second-order valence-corrected chi connectivity index (χ2v) is 6.30. The molecule has 0 aliphatic rings. The first-order chi connectivity index (χ1) is 12.3. The van der Waals surface area contributed by atoms with Crippen molar-refractivity contribution in [1.82, 2.24) is 0 Å². The molecule has 26 heavy (non-hydrogen) atoms. The molecule has 0 fully saturated rings. The maximum absolute atomic E-state index is 11.6. The lowest BCUT2D eigenvalue weighted by atomic mass is 9.98. The minimum absolute atomic E-state index is 0.0411. The molecule has 0 bridgehead atoms. The molecular formula is C18H24N2O6. The zero-order valence-corrected chi connectivity index (χ0v) is 15.3. The largest absolute Gasteiger partial charge is 0.455 e. The summed E-state index contributed by atoms with van der Waals surface area (Å²) >= 11 is 0. The molecular weight excluding hydrogens is 340 g/mol. The first-order valence-electron chi connectivity index (χ1n) is 8.18. The number of hydrogen-bond acceptors (Lipinski definition) is 8. The Morgan fingerprint density at radius 3 is 2.08 bits per heavy atom. The fraction of sp³-hybridized carbons (Fsp3) is 0.444. The van der Waals surface area contributed by atoms with Gasteiger partial charge in [0.1, 0.15) is 12.3 Å². The van der Waals surface area contributed by atoms with Gasteiger partial charge in [0.25, 0.3) is 0 Å². The minimum atomic E-state index is -1.17.